The molecule has 2 N–H and O–H groups in total. The van der Waals surface area contributed by atoms with Crippen LogP contribution in [0.1, 0.15) is 19.8 Å². The minimum absolute atomic E-state index is 0.170. The molecule has 0 spiro atoms. The van der Waals surface area contributed by atoms with E-state index in [0.29, 0.717) is 0 Å². The average Bonchev–Trinajstić information content (AvgIpc) is 2.65. The van der Waals surface area contributed by atoms with Crippen molar-refractivity contribution in [2.45, 2.75) is 25.3 Å². The smallest absolute Gasteiger partial charge is 0.237 e. The van der Waals surface area contributed by atoms with E-state index in [1.165, 1.54) is 0 Å². The van der Waals surface area contributed by atoms with E-state index < -0.39 is 0 Å². The van der Waals surface area contributed by atoms with Gasteiger partial charge in [0.05, 0.1) is 5.54 Å². The zero-order valence-electron chi connectivity index (χ0n) is 6.55. The summed E-state index contributed by atoms with van der Waals surface area (Å²) in [6.45, 7) is 2.92. The third-order valence-corrected chi connectivity index (χ3v) is 2.39. The summed E-state index contributed by atoms with van der Waals surface area (Å²) in [5.41, 5.74) is 4.96. The van der Waals surface area contributed by atoms with Crippen molar-refractivity contribution in [1.82, 2.24) is 4.90 Å². The molecule has 1 amide bonds. The first kappa shape index (κ1) is 7.54. The molecule has 10 heavy (non-hydrogen) atoms. The van der Waals surface area contributed by atoms with Gasteiger partial charge in [-0.15, -0.1) is 0 Å². The number of nitrogens with zero attached hydrogens (tertiary/aromatic N) is 1. The van der Waals surface area contributed by atoms with Crippen LogP contribution in [-0.2, 0) is 4.79 Å². The summed E-state index contributed by atoms with van der Waals surface area (Å²) in [5.74, 6) is -0.170. The lowest BCUT2D eigenvalue weighted by Crippen LogP contribution is -2.44. The van der Waals surface area contributed by atoms with Gasteiger partial charge in [0.15, 0.2) is 0 Å². The molecule has 3 nitrogen and oxygen atoms in total. The Kier molecular flexibility index (Phi) is 1.68. The van der Waals surface area contributed by atoms with Crippen LogP contribution in [0.15, 0.2) is 0 Å². The maximum Gasteiger partial charge on any atom is 0.237 e. The highest BCUT2D eigenvalue weighted by atomic mass is 16.1. The molecule has 58 valence electrons. The van der Waals surface area contributed by atoms with Gasteiger partial charge >= 0.3 is 0 Å². The number of likely N-dealkylation sites (N-methyl/N-ethyl adjacent to an activating group) is 1. The van der Waals surface area contributed by atoms with Crippen molar-refractivity contribution in [3.8, 4) is 0 Å². The lowest BCUT2D eigenvalue weighted by Gasteiger charge is -2.22. The lowest BCUT2D eigenvalue weighted by atomic mass is 10.2. The van der Waals surface area contributed by atoms with Gasteiger partial charge in [0, 0.05) is 0 Å². The summed E-state index contributed by atoms with van der Waals surface area (Å²) in [4.78, 5) is 12.9. The Hall–Kier alpha value is -0.570. The Morgan fingerprint density at radius 2 is 2.20 bits per heavy atom. The van der Waals surface area contributed by atoms with E-state index in [0.717, 1.165) is 19.4 Å². The van der Waals surface area contributed by atoms with Crippen molar-refractivity contribution in [2.75, 3.05) is 13.6 Å². The fraction of sp³-hybridized carbons (Fsp3) is 0.857. The zero-order chi connectivity index (χ0) is 7.78. The highest BCUT2D eigenvalue weighted by Crippen LogP contribution is 2.40. The molecule has 3 heteroatoms. The number of primary amides is 1. The fourth-order valence-corrected chi connectivity index (χ4v) is 1.24. The first-order valence-corrected chi connectivity index (χ1v) is 3.64. The molecule has 0 saturated heterocycles. The molecule has 0 unspecified atom stereocenters. The Bertz CT molecular complexity index is 152. The Labute approximate surface area is 61.2 Å². The van der Waals surface area contributed by atoms with Gasteiger partial charge in [-0.3, -0.25) is 9.69 Å². The number of rotatable bonds is 3. The van der Waals surface area contributed by atoms with Crippen LogP contribution in [0.4, 0.5) is 0 Å². The van der Waals surface area contributed by atoms with E-state index in [1.807, 2.05) is 18.9 Å². The summed E-state index contributed by atoms with van der Waals surface area (Å²) >= 11 is 0. The van der Waals surface area contributed by atoms with Crippen LogP contribution >= 0.6 is 0 Å². The molecular weight excluding hydrogens is 128 g/mol. The van der Waals surface area contributed by atoms with Crippen LogP contribution in [0.3, 0.4) is 0 Å². The molecule has 0 aromatic carbocycles. The van der Waals surface area contributed by atoms with Crippen LogP contribution in [0.2, 0.25) is 0 Å². The molecule has 0 aromatic heterocycles. The summed E-state index contributed by atoms with van der Waals surface area (Å²) in [5, 5.41) is 0. The molecule has 1 aliphatic carbocycles. The summed E-state index contributed by atoms with van der Waals surface area (Å²) in [6.07, 6.45) is 1.87. The van der Waals surface area contributed by atoms with E-state index in [1.54, 1.807) is 0 Å². The van der Waals surface area contributed by atoms with Crippen LogP contribution in [0.25, 0.3) is 0 Å². The normalized spacial score (nSPS) is 21.1. The van der Waals surface area contributed by atoms with E-state index in [4.69, 9.17) is 5.73 Å². The first-order valence-electron chi connectivity index (χ1n) is 3.64. The van der Waals surface area contributed by atoms with Gasteiger partial charge in [0.1, 0.15) is 0 Å². The van der Waals surface area contributed by atoms with Crippen molar-refractivity contribution in [3.05, 3.63) is 0 Å². The zero-order valence-corrected chi connectivity index (χ0v) is 6.55. The topological polar surface area (TPSA) is 46.3 Å². The maximum absolute atomic E-state index is 10.9. The van der Waals surface area contributed by atoms with Crippen molar-refractivity contribution in [3.63, 3.8) is 0 Å². The van der Waals surface area contributed by atoms with Crippen LogP contribution in [-0.4, -0.2) is 29.9 Å². The van der Waals surface area contributed by atoms with Gasteiger partial charge in [-0.2, -0.15) is 0 Å². The maximum atomic E-state index is 10.9. The second-order valence-corrected chi connectivity index (χ2v) is 2.91. The highest BCUT2D eigenvalue weighted by molar-refractivity contribution is 5.87. The third-order valence-electron chi connectivity index (χ3n) is 2.39. The van der Waals surface area contributed by atoms with Gasteiger partial charge in [-0.25, -0.2) is 0 Å². The van der Waals surface area contributed by atoms with Crippen LogP contribution < -0.4 is 5.73 Å². The third kappa shape index (κ3) is 0.904. The number of amides is 1. The Morgan fingerprint density at radius 1 is 1.70 bits per heavy atom. The molecule has 0 heterocycles. The predicted octanol–water partition coefficient (Wildman–Crippen LogP) is -0.0440. The van der Waals surface area contributed by atoms with Gasteiger partial charge in [-0.1, -0.05) is 6.92 Å². The fourth-order valence-electron chi connectivity index (χ4n) is 1.24. The number of hydrogen-bond acceptors (Lipinski definition) is 2. The largest absolute Gasteiger partial charge is 0.368 e. The first-order chi connectivity index (χ1) is 4.63. The van der Waals surface area contributed by atoms with E-state index in [9.17, 15) is 4.79 Å². The highest BCUT2D eigenvalue weighted by Gasteiger charge is 2.51. The molecule has 1 rings (SSSR count). The minimum Gasteiger partial charge on any atom is -0.368 e. The predicted molar refractivity (Wildman–Crippen MR) is 39.5 cm³/mol. The molecule has 0 radical (unpaired) electrons. The molecule has 1 fully saturated rings. The SMILES string of the molecule is CCN(C)C1(C(N)=O)CC1. The molecule has 0 aliphatic heterocycles. The molecule has 0 aromatic rings. The number of hydrogen-bond donors (Lipinski definition) is 1. The van der Waals surface area contributed by atoms with Gasteiger partial charge in [0.2, 0.25) is 5.91 Å². The standard InChI is InChI=1S/C7H14N2O/c1-3-9(2)7(4-5-7)6(8)10/h3-5H2,1-2H3,(H2,8,10). The second kappa shape index (κ2) is 2.23. The van der Waals surface area contributed by atoms with Gasteiger partial charge in [0.25, 0.3) is 0 Å². The average molecular weight is 142 g/mol. The van der Waals surface area contributed by atoms with Crippen molar-refractivity contribution >= 4 is 5.91 Å². The molecule has 1 saturated carbocycles. The minimum atomic E-state index is -0.269. The quantitative estimate of drug-likeness (QED) is 0.601. The molecule has 0 atom stereocenters. The van der Waals surface area contributed by atoms with E-state index in [2.05, 4.69) is 0 Å². The summed E-state index contributed by atoms with van der Waals surface area (Å²) < 4.78 is 0. The monoisotopic (exact) mass is 142 g/mol. The van der Waals surface area contributed by atoms with Gasteiger partial charge < -0.3 is 5.73 Å². The van der Waals surface area contributed by atoms with Crippen molar-refractivity contribution < 1.29 is 4.79 Å². The summed E-state index contributed by atoms with van der Waals surface area (Å²) in [6, 6.07) is 0. The number of carbonyl (C=O) groups excluding carboxylic acids is 1. The number of nitrogens with two attached hydrogens (primary N) is 1. The van der Waals surface area contributed by atoms with Crippen LogP contribution in [0.5, 0.6) is 0 Å². The number of carbonyl (C=O) groups is 1. The molecule has 0 bridgehead atoms. The molecular formula is C7H14N2O. The Balaban J connectivity index is 2.60. The van der Waals surface area contributed by atoms with E-state index in [-0.39, 0.29) is 11.4 Å². The second-order valence-electron chi connectivity index (χ2n) is 2.91. The summed E-state index contributed by atoms with van der Waals surface area (Å²) in [7, 11) is 1.94. The van der Waals surface area contributed by atoms with E-state index >= 15 is 0 Å². The van der Waals surface area contributed by atoms with Crippen molar-refractivity contribution in [1.29, 1.82) is 0 Å². The molecule has 1 aliphatic rings. The van der Waals surface area contributed by atoms with Crippen molar-refractivity contribution in [2.24, 2.45) is 5.73 Å². The Morgan fingerprint density at radius 3 is 2.30 bits per heavy atom. The van der Waals surface area contributed by atoms with Crippen LogP contribution in [0, 0.1) is 0 Å². The van der Waals surface area contributed by atoms with Gasteiger partial charge in [-0.05, 0) is 26.4 Å². The lowest BCUT2D eigenvalue weighted by molar-refractivity contribution is -0.124.